The van der Waals surface area contributed by atoms with Crippen molar-refractivity contribution < 1.29 is 28.1 Å². The molecule has 2 aliphatic rings. The molecule has 2 fully saturated rings. The molecule has 1 aliphatic carbocycles. The molecule has 1 aliphatic heterocycles. The molecule has 2 N–H and O–H groups in total. The lowest BCUT2D eigenvalue weighted by atomic mass is 9.75. The minimum Gasteiger partial charge on any atom is -0.393 e. The molecule has 4 nitrogen and oxygen atoms in total. The number of nitrogens with zero attached hydrogens (tertiary/aromatic N) is 1. The quantitative estimate of drug-likeness (QED) is 0.707. The molecule has 0 bridgehead atoms. The van der Waals surface area contributed by atoms with Crippen molar-refractivity contribution in [2.24, 2.45) is 5.92 Å². The Hall–Kier alpha value is -1.62. The van der Waals surface area contributed by atoms with Gasteiger partial charge in [-0.3, -0.25) is 0 Å². The smallest absolute Gasteiger partial charge is 0.393 e. The van der Waals surface area contributed by atoms with Crippen LogP contribution in [0.4, 0.5) is 13.2 Å². The summed E-state index contributed by atoms with van der Waals surface area (Å²) in [5, 5.41) is 29.7. The van der Waals surface area contributed by atoms with E-state index in [-0.39, 0.29) is 17.9 Å². The Labute approximate surface area is 175 Å². The molecule has 1 saturated carbocycles. The molecular formula is C23H30F3NO3. The number of aliphatic hydroxyl groups is 2. The molecule has 0 radical (unpaired) electrons. The van der Waals surface area contributed by atoms with Crippen molar-refractivity contribution in [2.75, 3.05) is 0 Å². The van der Waals surface area contributed by atoms with E-state index >= 15 is 0 Å². The number of benzene rings is 1. The standard InChI is InChI=1S/C23H30F3NO3/c1-21(2,14-27)18-8-7-15(11-19(18)23(24,25)26)9-10-22(16-5-3-4-6-16)13-17(28)12-20(29)30-22/h7-8,11,16-17,20,28-29H,3-6,9-10,12-13H2,1-2H3. The van der Waals surface area contributed by atoms with Crippen molar-refractivity contribution in [2.45, 2.75) is 94.8 Å². The van der Waals surface area contributed by atoms with Crippen LogP contribution >= 0.6 is 0 Å². The highest BCUT2D eigenvalue weighted by atomic mass is 19.4. The second-order valence-corrected chi connectivity index (χ2v) is 9.33. The second-order valence-electron chi connectivity index (χ2n) is 9.33. The van der Waals surface area contributed by atoms with E-state index in [4.69, 9.17) is 4.74 Å². The lowest BCUT2D eigenvalue weighted by Crippen LogP contribution is -2.50. The van der Waals surface area contributed by atoms with E-state index in [0.717, 1.165) is 31.7 Å². The predicted molar refractivity (Wildman–Crippen MR) is 105 cm³/mol. The summed E-state index contributed by atoms with van der Waals surface area (Å²) in [4.78, 5) is 0. The molecule has 30 heavy (non-hydrogen) atoms. The third-order valence-corrected chi connectivity index (χ3v) is 6.70. The van der Waals surface area contributed by atoms with Gasteiger partial charge in [0.2, 0.25) is 0 Å². The first-order valence-electron chi connectivity index (χ1n) is 10.6. The maximum Gasteiger partial charge on any atom is 0.416 e. The summed E-state index contributed by atoms with van der Waals surface area (Å²) in [5.41, 5.74) is -2.29. The number of rotatable bonds is 5. The van der Waals surface area contributed by atoms with Crippen LogP contribution in [-0.4, -0.2) is 28.2 Å². The number of ether oxygens (including phenoxy) is 1. The van der Waals surface area contributed by atoms with E-state index in [1.165, 1.54) is 19.9 Å². The summed E-state index contributed by atoms with van der Waals surface area (Å²) in [6.07, 6.45) is -1.00. The first kappa shape index (κ1) is 23.1. The number of alkyl halides is 3. The molecule has 3 unspecified atom stereocenters. The normalized spacial score (nSPS) is 28.5. The zero-order valence-corrected chi connectivity index (χ0v) is 17.5. The number of hydrogen-bond acceptors (Lipinski definition) is 4. The fourth-order valence-corrected chi connectivity index (χ4v) is 5.10. The van der Waals surface area contributed by atoms with Gasteiger partial charge in [-0.05, 0) is 62.6 Å². The Morgan fingerprint density at radius 3 is 2.40 bits per heavy atom. The van der Waals surface area contributed by atoms with Gasteiger partial charge in [0.15, 0.2) is 6.29 Å². The van der Waals surface area contributed by atoms with Crippen LogP contribution in [0.15, 0.2) is 18.2 Å². The molecule has 1 saturated heterocycles. The number of hydrogen-bond donors (Lipinski definition) is 2. The van der Waals surface area contributed by atoms with E-state index in [2.05, 4.69) is 0 Å². The minimum absolute atomic E-state index is 0.0356. The lowest BCUT2D eigenvalue weighted by molar-refractivity contribution is -0.256. The van der Waals surface area contributed by atoms with Gasteiger partial charge in [-0.2, -0.15) is 18.4 Å². The number of halogens is 3. The topological polar surface area (TPSA) is 73.5 Å². The highest BCUT2D eigenvalue weighted by Gasteiger charge is 2.47. The lowest BCUT2D eigenvalue weighted by Gasteiger charge is -2.46. The molecule has 1 aromatic carbocycles. The monoisotopic (exact) mass is 425 g/mol. The largest absolute Gasteiger partial charge is 0.416 e. The van der Waals surface area contributed by atoms with E-state index in [9.17, 15) is 28.6 Å². The average Bonchev–Trinajstić information content (AvgIpc) is 3.20. The summed E-state index contributed by atoms with van der Waals surface area (Å²) in [5.74, 6) is 0.181. The number of nitriles is 1. The second kappa shape index (κ2) is 8.49. The third-order valence-electron chi connectivity index (χ3n) is 6.70. The van der Waals surface area contributed by atoms with Gasteiger partial charge in [-0.25, -0.2) is 0 Å². The molecule has 0 spiro atoms. The Bertz CT molecular complexity index is 784. The first-order chi connectivity index (χ1) is 14.0. The Morgan fingerprint density at radius 2 is 1.83 bits per heavy atom. The van der Waals surface area contributed by atoms with Gasteiger partial charge in [-0.15, -0.1) is 0 Å². The summed E-state index contributed by atoms with van der Waals surface area (Å²) in [7, 11) is 0. The molecule has 0 amide bonds. The van der Waals surface area contributed by atoms with Gasteiger partial charge < -0.3 is 14.9 Å². The van der Waals surface area contributed by atoms with Crippen LogP contribution in [0, 0.1) is 17.2 Å². The maximum absolute atomic E-state index is 13.7. The van der Waals surface area contributed by atoms with Gasteiger partial charge in [0.1, 0.15) is 0 Å². The Morgan fingerprint density at radius 1 is 1.17 bits per heavy atom. The first-order valence-corrected chi connectivity index (χ1v) is 10.6. The summed E-state index contributed by atoms with van der Waals surface area (Å²) >= 11 is 0. The summed E-state index contributed by atoms with van der Waals surface area (Å²) < 4.78 is 47.1. The molecule has 166 valence electrons. The van der Waals surface area contributed by atoms with Crippen LogP contribution < -0.4 is 0 Å². The molecule has 1 heterocycles. The van der Waals surface area contributed by atoms with Crippen molar-refractivity contribution in [3.05, 3.63) is 34.9 Å². The predicted octanol–water partition coefficient (Wildman–Crippen LogP) is 4.86. The highest BCUT2D eigenvalue weighted by Crippen LogP contribution is 2.46. The van der Waals surface area contributed by atoms with Crippen LogP contribution in [-0.2, 0) is 22.7 Å². The van der Waals surface area contributed by atoms with Crippen LogP contribution in [0.1, 0.15) is 75.5 Å². The van der Waals surface area contributed by atoms with Crippen LogP contribution in [0.5, 0.6) is 0 Å². The van der Waals surface area contributed by atoms with Crippen molar-refractivity contribution in [1.82, 2.24) is 0 Å². The maximum atomic E-state index is 13.7. The van der Waals surface area contributed by atoms with Crippen molar-refractivity contribution in [3.63, 3.8) is 0 Å². The summed E-state index contributed by atoms with van der Waals surface area (Å²) in [6.45, 7) is 2.95. The SMILES string of the molecule is CC(C)(C#N)c1ccc(CCC2(C3CCCC3)CC(O)CC(O)O2)cc1C(F)(F)F. The van der Waals surface area contributed by atoms with Gasteiger partial charge in [0.25, 0.3) is 0 Å². The zero-order valence-electron chi connectivity index (χ0n) is 17.5. The number of aliphatic hydroxyl groups excluding tert-OH is 2. The molecular weight excluding hydrogens is 395 g/mol. The molecule has 3 rings (SSSR count). The van der Waals surface area contributed by atoms with E-state index in [1.807, 2.05) is 6.07 Å². The van der Waals surface area contributed by atoms with Gasteiger partial charge >= 0.3 is 6.18 Å². The molecule has 3 atom stereocenters. The fraction of sp³-hybridized carbons (Fsp3) is 0.696. The van der Waals surface area contributed by atoms with Crippen LogP contribution in [0.3, 0.4) is 0 Å². The average molecular weight is 425 g/mol. The van der Waals surface area contributed by atoms with Crippen LogP contribution in [0.2, 0.25) is 0 Å². The van der Waals surface area contributed by atoms with E-state index in [0.29, 0.717) is 24.8 Å². The molecule has 0 aromatic heterocycles. The van der Waals surface area contributed by atoms with Gasteiger partial charge in [-0.1, -0.05) is 25.0 Å². The summed E-state index contributed by atoms with van der Waals surface area (Å²) in [6, 6.07) is 6.12. The molecule has 7 heteroatoms. The van der Waals surface area contributed by atoms with E-state index < -0.39 is 35.1 Å². The van der Waals surface area contributed by atoms with Crippen molar-refractivity contribution in [3.8, 4) is 6.07 Å². The van der Waals surface area contributed by atoms with E-state index in [1.54, 1.807) is 6.07 Å². The Kier molecular flexibility index (Phi) is 6.52. The van der Waals surface area contributed by atoms with Crippen LogP contribution in [0.25, 0.3) is 0 Å². The van der Waals surface area contributed by atoms with Crippen molar-refractivity contribution >= 4 is 0 Å². The minimum atomic E-state index is -4.56. The fourth-order valence-electron chi connectivity index (χ4n) is 5.10. The third kappa shape index (κ3) is 4.82. The van der Waals surface area contributed by atoms with Crippen molar-refractivity contribution in [1.29, 1.82) is 5.26 Å². The van der Waals surface area contributed by atoms with Gasteiger partial charge in [0.05, 0.1) is 28.8 Å². The van der Waals surface area contributed by atoms with Gasteiger partial charge in [0, 0.05) is 12.8 Å². The molecule has 1 aromatic rings. The zero-order chi connectivity index (χ0) is 22.2. The highest BCUT2D eigenvalue weighted by molar-refractivity contribution is 5.42. The Balaban J connectivity index is 1.88. The number of aryl methyl sites for hydroxylation is 1.